The molecule has 88 valence electrons. The molecular formula is C10H11F2NO3. The van der Waals surface area contributed by atoms with Crippen LogP contribution in [0, 0.1) is 0 Å². The van der Waals surface area contributed by atoms with Crippen molar-refractivity contribution in [3.05, 3.63) is 29.8 Å². The molecule has 0 heterocycles. The van der Waals surface area contributed by atoms with Crippen LogP contribution in [-0.2, 0) is 4.79 Å². The van der Waals surface area contributed by atoms with Gasteiger partial charge in [0.15, 0.2) is 0 Å². The topological polar surface area (TPSA) is 72.6 Å². The number of carboxylic acids is 1. The molecule has 0 amide bonds. The van der Waals surface area contributed by atoms with Crippen molar-refractivity contribution >= 4 is 5.97 Å². The van der Waals surface area contributed by atoms with Crippen LogP contribution < -0.4 is 10.5 Å². The minimum absolute atomic E-state index is 0.252. The molecule has 16 heavy (non-hydrogen) atoms. The van der Waals surface area contributed by atoms with Crippen molar-refractivity contribution in [2.75, 3.05) is 6.61 Å². The first kappa shape index (κ1) is 12.4. The summed E-state index contributed by atoms with van der Waals surface area (Å²) in [5, 5.41) is 8.63. The second kappa shape index (κ2) is 5.41. The summed E-state index contributed by atoms with van der Waals surface area (Å²) in [7, 11) is 0. The second-order valence-corrected chi connectivity index (χ2v) is 3.09. The molecule has 0 aliphatic carbocycles. The zero-order valence-corrected chi connectivity index (χ0v) is 8.27. The summed E-state index contributed by atoms with van der Waals surface area (Å²) in [6.07, 6.45) is -2.54. The number of aliphatic carboxylic acids is 1. The maximum atomic E-state index is 11.8. The van der Waals surface area contributed by atoms with Gasteiger partial charge >= 0.3 is 5.97 Å². The molecule has 0 fully saturated rings. The SMILES string of the molecule is NC(C(=O)O)c1ccc(OCC(F)F)cc1. The van der Waals surface area contributed by atoms with Crippen LogP contribution >= 0.6 is 0 Å². The van der Waals surface area contributed by atoms with Crippen LogP contribution in [0.1, 0.15) is 11.6 Å². The van der Waals surface area contributed by atoms with E-state index in [1.54, 1.807) is 0 Å². The monoisotopic (exact) mass is 231 g/mol. The highest BCUT2D eigenvalue weighted by atomic mass is 19.3. The van der Waals surface area contributed by atoms with E-state index in [1.165, 1.54) is 24.3 Å². The molecule has 1 atom stereocenters. The molecule has 0 saturated heterocycles. The van der Waals surface area contributed by atoms with E-state index in [-0.39, 0.29) is 5.75 Å². The number of benzene rings is 1. The van der Waals surface area contributed by atoms with E-state index in [1.807, 2.05) is 0 Å². The molecular weight excluding hydrogens is 220 g/mol. The van der Waals surface area contributed by atoms with E-state index in [2.05, 4.69) is 0 Å². The Bertz CT molecular complexity index is 354. The van der Waals surface area contributed by atoms with Gasteiger partial charge in [0, 0.05) is 0 Å². The van der Waals surface area contributed by atoms with Gasteiger partial charge < -0.3 is 15.6 Å². The number of halogens is 2. The van der Waals surface area contributed by atoms with Crippen molar-refractivity contribution in [2.24, 2.45) is 5.73 Å². The first-order valence-electron chi connectivity index (χ1n) is 4.50. The lowest BCUT2D eigenvalue weighted by atomic mass is 10.1. The molecule has 1 unspecified atom stereocenters. The lowest BCUT2D eigenvalue weighted by Crippen LogP contribution is -2.20. The second-order valence-electron chi connectivity index (χ2n) is 3.09. The molecule has 0 aromatic heterocycles. The highest BCUT2D eigenvalue weighted by molar-refractivity contribution is 5.75. The number of ether oxygens (including phenoxy) is 1. The molecule has 6 heteroatoms. The van der Waals surface area contributed by atoms with Gasteiger partial charge in [0.1, 0.15) is 18.4 Å². The van der Waals surface area contributed by atoms with E-state index < -0.39 is 25.0 Å². The van der Waals surface area contributed by atoms with Crippen LogP contribution in [-0.4, -0.2) is 24.1 Å². The Kier molecular flexibility index (Phi) is 4.19. The Morgan fingerprint density at radius 2 is 1.94 bits per heavy atom. The molecule has 1 rings (SSSR count). The van der Waals surface area contributed by atoms with Gasteiger partial charge in [-0.2, -0.15) is 0 Å². The predicted molar refractivity (Wildman–Crippen MR) is 52.5 cm³/mol. The summed E-state index contributed by atoms with van der Waals surface area (Å²) < 4.78 is 28.3. The van der Waals surface area contributed by atoms with Crippen LogP contribution in [0.15, 0.2) is 24.3 Å². The van der Waals surface area contributed by atoms with Gasteiger partial charge in [-0.15, -0.1) is 0 Å². The fourth-order valence-electron chi connectivity index (χ4n) is 1.07. The lowest BCUT2D eigenvalue weighted by Gasteiger charge is -2.08. The number of hydrogen-bond acceptors (Lipinski definition) is 3. The van der Waals surface area contributed by atoms with Crippen LogP contribution in [0.5, 0.6) is 5.75 Å². The third kappa shape index (κ3) is 3.47. The average Bonchev–Trinajstić information content (AvgIpc) is 2.26. The van der Waals surface area contributed by atoms with Crippen molar-refractivity contribution in [2.45, 2.75) is 12.5 Å². The quantitative estimate of drug-likeness (QED) is 0.803. The molecule has 3 N–H and O–H groups in total. The zero-order valence-electron chi connectivity index (χ0n) is 8.27. The van der Waals surface area contributed by atoms with E-state index >= 15 is 0 Å². The van der Waals surface area contributed by atoms with Gasteiger partial charge in [0.2, 0.25) is 0 Å². The smallest absolute Gasteiger partial charge is 0.325 e. The molecule has 0 saturated carbocycles. The molecule has 1 aromatic carbocycles. The van der Waals surface area contributed by atoms with Gasteiger partial charge in [-0.25, -0.2) is 8.78 Å². The molecule has 0 spiro atoms. The first-order valence-corrected chi connectivity index (χ1v) is 4.50. The van der Waals surface area contributed by atoms with Crippen LogP contribution in [0.3, 0.4) is 0 Å². The third-order valence-electron chi connectivity index (χ3n) is 1.88. The molecule has 0 aliphatic rings. The normalized spacial score (nSPS) is 12.5. The average molecular weight is 231 g/mol. The molecule has 0 bridgehead atoms. The van der Waals surface area contributed by atoms with Gasteiger partial charge in [0.25, 0.3) is 6.43 Å². The Labute approximate surface area is 90.6 Å². The van der Waals surface area contributed by atoms with Gasteiger partial charge in [-0.05, 0) is 17.7 Å². The number of rotatable bonds is 5. The van der Waals surface area contributed by atoms with Crippen LogP contribution in [0.2, 0.25) is 0 Å². The summed E-state index contributed by atoms with van der Waals surface area (Å²) in [6, 6.07) is 4.55. The fourth-order valence-corrected chi connectivity index (χ4v) is 1.07. The van der Waals surface area contributed by atoms with Gasteiger partial charge in [-0.1, -0.05) is 12.1 Å². The van der Waals surface area contributed by atoms with Crippen molar-refractivity contribution in [3.63, 3.8) is 0 Å². The van der Waals surface area contributed by atoms with Crippen molar-refractivity contribution < 1.29 is 23.4 Å². The number of carboxylic acid groups (broad SMARTS) is 1. The summed E-state index contributed by atoms with van der Waals surface area (Å²) in [4.78, 5) is 10.5. The first-order chi connectivity index (χ1) is 7.50. The third-order valence-corrected chi connectivity index (χ3v) is 1.88. The number of hydrogen-bond donors (Lipinski definition) is 2. The molecule has 4 nitrogen and oxygen atoms in total. The summed E-state index contributed by atoms with van der Waals surface area (Å²) >= 11 is 0. The molecule has 0 radical (unpaired) electrons. The summed E-state index contributed by atoms with van der Waals surface area (Å²) in [6.45, 7) is -0.690. The number of nitrogens with two attached hydrogens (primary N) is 1. The van der Waals surface area contributed by atoms with E-state index in [9.17, 15) is 13.6 Å². The van der Waals surface area contributed by atoms with Crippen molar-refractivity contribution in [1.29, 1.82) is 0 Å². The highest BCUT2D eigenvalue weighted by Gasteiger charge is 2.13. The highest BCUT2D eigenvalue weighted by Crippen LogP contribution is 2.17. The van der Waals surface area contributed by atoms with Crippen molar-refractivity contribution in [3.8, 4) is 5.75 Å². The Morgan fingerprint density at radius 1 is 1.38 bits per heavy atom. The van der Waals surface area contributed by atoms with Crippen LogP contribution in [0.25, 0.3) is 0 Å². The minimum atomic E-state index is -2.54. The van der Waals surface area contributed by atoms with Crippen LogP contribution in [0.4, 0.5) is 8.78 Å². The summed E-state index contributed by atoms with van der Waals surface area (Å²) in [5.74, 6) is -0.900. The number of alkyl halides is 2. The van der Waals surface area contributed by atoms with E-state index in [0.29, 0.717) is 5.56 Å². The standard InChI is InChI=1S/C10H11F2NO3/c11-8(12)5-16-7-3-1-6(2-4-7)9(13)10(14)15/h1-4,8-9H,5,13H2,(H,14,15). The number of carbonyl (C=O) groups is 1. The summed E-state index contributed by atoms with van der Waals surface area (Å²) in [5.41, 5.74) is 5.74. The van der Waals surface area contributed by atoms with Crippen molar-refractivity contribution in [1.82, 2.24) is 0 Å². The lowest BCUT2D eigenvalue weighted by molar-refractivity contribution is -0.138. The zero-order chi connectivity index (χ0) is 12.1. The van der Waals surface area contributed by atoms with Gasteiger partial charge in [-0.3, -0.25) is 4.79 Å². The fraction of sp³-hybridized carbons (Fsp3) is 0.300. The van der Waals surface area contributed by atoms with E-state index in [0.717, 1.165) is 0 Å². The minimum Gasteiger partial charge on any atom is -0.488 e. The Hall–Kier alpha value is -1.69. The van der Waals surface area contributed by atoms with E-state index in [4.69, 9.17) is 15.6 Å². The predicted octanol–water partition coefficient (Wildman–Crippen LogP) is 1.41. The maximum Gasteiger partial charge on any atom is 0.325 e. The Balaban J connectivity index is 2.64. The molecule has 1 aromatic rings. The maximum absolute atomic E-state index is 11.8. The Morgan fingerprint density at radius 3 is 2.38 bits per heavy atom. The van der Waals surface area contributed by atoms with Gasteiger partial charge in [0.05, 0.1) is 0 Å². The molecule has 0 aliphatic heterocycles. The largest absolute Gasteiger partial charge is 0.488 e.